The predicted molar refractivity (Wildman–Crippen MR) is 86.6 cm³/mol. The van der Waals surface area contributed by atoms with Crippen molar-refractivity contribution in [2.24, 2.45) is 4.99 Å². The second-order valence-electron chi connectivity index (χ2n) is 5.30. The molecule has 1 aliphatic rings. The van der Waals surface area contributed by atoms with Gasteiger partial charge in [-0.2, -0.15) is 0 Å². The zero-order valence-electron chi connectivity index (χ0n) is 12.8. The quantitative estimate of drug-likeness (QED) is 0.535. The van der Waals surface area contributed by atoms with Crippen LogP contribution in [0.2, 0.25) is 0 Å². The number of esters is 1. The van der Waals surface area contributed by atoms with Crippen molar-refractivity contribution in [1.82, 2.24) is 9.38 Å². The summed E-state index contributed by atoms with van der Waals surface area (Å²) in [6.45, 7) is 5.56. The molecule has 0 N–H and O–H groups in total. The van der Waals surface area contributed by atoms with Gasteiger partial charge in [0.05, 0.1) is 17.0 Å². The van der Waals surface area contributed by atoms with Gasteiger partial charge in [0.25, 0.3) is 0 Å². The van der Waals surface area contributed by atoms with Crippen LogP contribution in [0.3, 0.4) is 0 Å². The summed E-state index contributed by atoms with van der Waals surface area (Å²) in [4.78, 5) is 21.8. The van der Waals surface area contributed by atoms with Gasteiger partial charge in [0.15, 0.2) is 10.7 Å². The number of fused-ring (bicyclic) bond motifs is 1. The molecule has 0 spiro atoms. The van der Waals surface area contributed by atoms with Crippen molar-refractivity contribution in [2.45, 2.75) is 20.8 Å². The molecule has 0 bridgehead atoms. The molecule has 23 heavy (non-hydrogen) atoms. The average Bonchev–Trinajstić information content (AvgIpc) is 3.20. The maximum atomic E-state index is 12.1. The van der Waals surface area contributed by atoms with Gasteiger partial charge >= 0.3 is 5.97 Å². The normalized spacial score (nSPS) is 16.4. The molecule has 0 aliphatic carbocycles. The fraction of sp³-hybridized carbons (Fsp3) is 0.188. The van der Waals surface area contributed by atoms with Crippen LogP contribution in [0, 0.1) is 20.8 Å². The minimum absolute atomic E-state index is 0.259. The summed E-state index contributed by atoms with van der Waals surface area (Å²) in [5, 5.41) is 1.95. The van der Waals surface area contributed by atoms with Crippen molar-refractivity contribution in [3.8, 4) is 0 Å². The Balaban J connectivity index is 1.79. The van der Waals surface area contributed by atoms with Gasteiger partial charge in [-0.25, -0.2) is 14.8 Å². The number of thiazole rings is 1. The summed E-state index contributed by atoms with van der Waals surface area (Å²) in [5.74, 6) is 1.23. The highest BCUT2D eigenvalue weighted by molar-refractivity contribution is 7.15. The molecule has 4 heterocycles. The van der Waals surface area contributed by atoms with Crippen LogP contribution in [0.4, 0.5) is 0 Å². The van der Waals surface area contributed by atoms with E-state index in [9.17, 15) is 4.79 Å². The third-order valence-electron chi connectivity index (χ3n) is 3.65. The molecule has 4 rings (SSSR count). The number of nitrogens with zero attached hydrogens (tertiary/aromatic N) is 3. The number of furan rings is 1. The number of cyclic esters (lactones) is 1. The first kappa shape index (κ1) is 14.0. The van der Waals surface area contributed by atoms with E-state index in [1.54, 1.807) is 17.4 Å². The standard InChI is InChI=1S/C16H13N3O3S/c1-8-6-11(10(3)21-8)14-18-12(15(20)22-14)7-13-9(2)17-16-19(13)4-5-23-16/h4-7H,1-3H3/b12-7-. The Morgan fingerprint density at radius 2 is 2.13 bits per heavy atom. The van der Waals surface area contributed by atoms with Gasteiger partial charge in [-0.05, 0) is 32.9 Å². The van der Waals surface area contributed by atoms with Crippen molar-refractivity contribution >= 4 is 34.2 Å². The molecule has 6 nitrogen and oxygen atoms in total. The lowest BCUT2D eigenvalue weighted by Gasteiger charge is -1.95. The largest absolute Gasteiger partial charge is 0.466 e. The van der Waals surface area contributed by atoms with E-state index in [-0.39, 0.29) is 11.6 Å². The highest BCUT2D eigenvalue weighted by atomic mass is 32.1. The number of carbonyl (C=O) groups excluding carboxylic acids is 1. The molecule has 0 amide bonds. The summed E-state index contributed by atoms with van der Waals surface area (Å²) in [7, 11) is 0. The number of aryl methyl sites for hydroxylation is 3. The van der Waals surface area contributed by atoms with Gasteiger partial charge in [0, 0.05) is 11.6 Å². The van der Waals surface area contributed by atoms with Crippen LogP contribution in [-0.4, -0.2) is 21.3 Å². The number of rotatable bonds is 2. The van der Waals surface area contributed by atoms with Crippen molar-refractivity contribution < 1.29 is 13.9 Å². The summed E-state index contributed by atoms with van der Waals surface area (Å²) in [6.07, 6.45) is 3.63. The maximum Gasteiger partial charge on any atom is 0.363 e. The molecule has 0 atom stereocenters. The SMILES string of the molecule is Cc1cc(C2=N/C(=C\c3c(C)nc4sccn34)C(=O)O2)c(C)o1. The van der Waals surface area contributed by atoms with E-state index in [2.05, 4.69) is 9.98 Å². The third-order valence-corrected chi connectivity index (χ3v) is 4.40. The lowest BCUT2D eigenvalue weighted by molar-refractivity contribution is -0.129. The lowest BCUT2D eigenvalue weighted by Crippen LogP contribution is -2.05. The van der Waals surface area contributed by atoms with Crippen molar-refractivity contribution in [3.63, 3.8) is 0 Å². The average molecular weight is 327 g/mol. The smallest absolute Gasteiger partial charge is 0.363 e. The number of hydrogen-bond acceptors (Lipinski definition) is 6. The first-order chi connectivity index (χ1) is 11.0. The molecule has 7 heteroatoms. The summed E-state index contributed by atoms with van der Waals surface area (Å²) in [5.41, 5.74) is 2.63. The fourth-order valence-corrected chi connectivity index (χ4v) is 3.35. The van der Waals surface area contributed by atoms with Gasteiger partial charge in [-0.15, -0.1) is 11.3 Å². The van der Waals surface area contributed by atoms with E-state index in [0.717, 1.165) is 22.1 Å². The molecule has 0 aromatic carbocycles. The van der Waals surface area contributed by atoms with Crippen molar-refractivity contribution in [2.75, 3.05) is 0 Å². The molecular weight excluding hydrogens is 314 g/mol. The van der Waals surface area contributed by atoms with Gasteiger partial charge in [-0.3, -0.25) is 4.40 Å². The monoisotopic (exact) mass is 327 g/mol. The van der Waals surface area contributed by atoms with Crippen LogP contribution < -0.4 is 0 Å². The van der Waals surface area contributed by atoms with Crippen LogP contribution in [0.25, 0.3) is 11.0 Å². The molecule has 3 aromatic rings. The molecule has 3 aromatic heterocycles. The minimum atomic E-state index is -0.470. The topological polar surface area (TPSA) is 69.1 Å². The van der Waals surface area contributed by atoms with Crippen LogP contribution in [-0.2, 0) is 9.53 Å². The molecule has 1 aliphatic heterocycles. The Bertz CT molecular complexity index is 1000. The van der Waals surface area contributed by atoms with Crippen molar-refractivity contribution in [3.05, 3.63) is 51.8 Å². The summed E-state index contributed by atoms with van der Waals surface area (Å²) < 4.78 is 12.7. The number of hydrogen-bond donors (Lipinski definition) is 0. The van der Waals surface area contributed by atoms with Crippen LogP contribution in [0.1, 0.15) is 28.5 Å². The van der Waals surface area contributed by atoms with E-state index >= 15 is 0 Å². The van der Waals surface area contributed by atoms with Gasteiger partial charge in [0.2, 0.25) is 5.90 Å². The van der Waals surface area contributed by atoms with Gasteiger partial charge in [-0.1, -0.05) is 0 Å². The highest BCUT2D eigenvalue weighted by Gasteiger charge is 2.27. The van der Waals surface area contributed by atoms with Crippen LogP contribution in [0.5, 0.6) is 0 Å². The highest BCUT2D eigenvalue weighted by Crippen LogP contribution is 2.25. The van der Waals surface area contributed by atoms with E-state index in [4.69, 9.17) is 9.15 Å². The predicted octanol–water partition coefficient (Wildman–Crippen LogP) is 3.26. The Labute approximate surface area is 135 Å². The first-order valence-electron chi connectivity index (χ1n) is 7.05. The number of imidazole rings is 1. The first-order valence-corrected chi connectivity index (χ1v) is 7.93. The van der Waals surface area contributed by atoms with Gasteiger partial charge < -0.3 is 9.15 Å². The second kappa shape index (κ2) is 4.92. The van der Waals surface area contributed by atoms with E-state index in [0.29, 0.717) is 11.3 Å². The number of carbonyl (C=O) groups is 1. The second-order valence-corrected chi connectivity index (χ2v) is 6.17. The molecule has 0 saturated heterocycles. The number of ether oxygens (including phenoxy) is 1. The Hall–Kier alpha value is -2.67. The Morgan fingerprint density at radius 1 is 1.30 bits per heavy atom. The fourth-order valence-electron chi connectivity index (χ4n) is 2.58. The molecular formula is C16H13N3O3S. The van der Waals surface area contributed by atoms with Crippen LogP contribution in [0.15, 0.2) is 32.7 Å². The van der Waals surface area contributed by atoms with E-state index in [1.807, 2.05) is 42.8 Å². The van der Waals surface area contributed by atoms with E-state index in [1.165, 1.54) is 0 Å². The Kier molecular flexibility index (Phi) is 2.99. The molecule has 0 unspecified atom stereocenters. The molecule has 0 fully saturated rings. The zero-order valence-corrected chi connectivity index (χ0v) is 13.6. The van der Waals surface area contributed by atoms with E-state index < -0.39 is 5.97 Å². The molecule has 0 radical (unpaired) electrons. The summed E-state index contributed by atoms with van der Waals surface area (Å²) in [6, 6.07) is 1.81. The zero-order chi connectivity index (χ0) is 16.1. The minimum Gasteiger partial charge on any atom is -0.466 e. The maximum absolute atomic E-state index is 12.1. The Morgan fingerprint density at radius 3 is 2.87 bits per heavy atom. The lowest BCUT2D eigenvalue weighted by atomic mass is 10.2. The van der Waals surface area contributed by atoms with Gasteiger partial charge in [0.1, 0.15) is 11.5 Å². The number of aliphatic imine (C=N–C) groups is 1. The number of aromatic nitrogens is 2. The molecule has 116 valence electrons. The molecule has 0 saturated carbocycles. The third kappa shape index (κ3) is 2.20. The summed E-state index contributed by atoms with van der Waals surface area (Å²) >= 11 is 1.54. The van der Waals surface area contributed by atoms with Crippen molar-refractivity contribution in [1.29, 1.82) is 0 Å². The van der Waals surface area contributed by atoms with Crippen LogP contribution >= 0.6 is 11.3 Å².